The fourth-order valence-corrected chi connectivity index (χ4v) is 3.42. The summed E-state index contributed by atoms with van der Waals surface area (Å²) in [4.78, 5) is 23.9. The number of hydrogen-bond donors (Lipinski definition) is 3. The Morgan fingerprint density at radius 2 is 1.76 bits per heavy atom. The Kier molecular flexibility index (Phi) is 4.49. The van der Waals surface area contributed by atoms with Gasteiger partial charge in [0.05, 0.1) is 0 Å². The monoisotopic (exact) mass is 296 g/mol. The van der Waals surface area contributed by atoms with Crippen LogP contribution in [0.25, 0.3) is 0 Å². The maximum atomic E-state index is 12.2. The highest BCUT2D eigenvalue weighted by Crippen LogP contribution is 2.39. The van der Waals surface area contributed by atoms with Crippen LogP contribution in [0.15, 0.2) is 0 Å². The van der Waals surface area contributed by atoms with Crippen molar-refractivity contribution in [2.75, 3.05) is 0 Å². The highest BCUT2D eigenvalue weighted by atomic mass is 16.4. The number of carbonyl (C=O) groups is 2. The van der Waals surface area contributed by atoms with Gasteiger partial charge in [-0.3, -0.25) is 0 Å². The lowest BCUT2D eigenvalue weighted by Crippen LogP contribution is -2.61. The zero-order valence-electron chi connectivity index (χ0n) is 13.4. The van der Waals surface area contributed by atoms with Crippen LogP contribution in [-0.2, 0) is 4.79 Å². The number of carboxylic acids is 1. The topological polar surface area (TPSA) is 78.4 Å². The Balaban J connectivity index is 1.96. The molecule has 0 unspecified atom stereocenters. The van der Waals surface area contributed by atoms with Gasteiger partial charge in [0, 0.05) is 5.54 Å². The van der Waals surface area contributed by atoms with Gasteiger partial charge in [-0.25, -0.2) is 9.59 Å². The van der Waals surface area contributed by atoms with Crippen molar-refractivity contribution in [2.45, 2.75) is 76.8 Å². The van der Waals surface area contributed by atoms with E-state index in [0.717, 1.165) is 32.1 Å². The number of rotatable bonds is 5. The largest absolute Gasteiger partial charge is 0.480 e. The van der Waals surface area contributed by atoms with Gasteiger partial charge in [0.2, 0.25) is 0 Å². The fourth-order valence-electron chi connectivity index (χ4n) is 3.42. The molecular formula is C16H28N2O3. The molecule has 0 bridgehead atoms. The van der Waals surface area contributed by atoms with Gasteiger partial charge in [-0.1, -0.05) is 13.3 Å². The second-order valence-corrected chi connectivity index (χ2v) is 7.31. The van der Waals surface area contributed by atoms with E-state index < -0.39 is 11.5 Å². The molecule has 0 atom stereocenters. The third-order valence-corrected chi connectivity index (χ3v) is 5.33. The highest BCUT2D eigenvalue weighted by molar-refractivity contribution is 5.86. The number of aliphatic carboxylic acids is 1. The smallest absolute Gasteiger partial charge is 0.329 e. The predicted molar refractivity (Wildman–Crippen MR) is 81.1 cm³/mol. The van der Waals surface area contributed by atoms with Crippen molar-refractivity contribution in [3.63, 3.8) is 0 Å². The molecule has 0 aromatic heterocycles. The number of amides is 2. The minimum atomic E-state index is -1.09. The van der Waals surface area contributed by atoms with Gasteiger partial charge >= 0.3 is 12.0 Å². The number of carbonyl (C=O) groups excluding carboxylic acids is 1. The van der Waals surface area contributed by atoms with Gasteiger partial charge in [-0.2, -0.15) is 0 Å². The second kappa shape index (κ2) is 5.85. The minimum absolute atomic E-state index is 0.260. The van der Waals surface area contributed by atoms with E-state index in [4.69, 9.17) is 0 Å². The highest BCUT2D eigenvalue weighted by Gasteiger charge is 2.45. The van der Waals surface area contributed by atoms with Crippen LogP contribution in [0.3, 0.4) is 0 Å². The van der Waals surface area contributed by atoms with E-state index in [1.54, 1.807) is 0 Å². The van der Waals surface area contributed by atoms with Gasteiger partial charge < -0.3 is 15.7 Å². The molecule has 2 saturated carbocycles. The Labute approximate surface area is 126 Å². The van der Waals surface area contributed by atoms with E-state index in [1.165, 1.54) is 0 Å². The standard InChI is InChI=1S/C16H28N2O3/c1-4-11-7-9-16(10-8-11,13(19)20)18-14(21)17-15(2,3)12-5-6-12/h11-12H,4-10H2,1-3H3,(H,19,20)(H2,17,18,21). The third-order valence-electron chi connectivity index (χ3n) is 5.33. The van der Waals surface area contributed by atoms with Crippen LogP contribution in [0.1, 0.15) is 65.7 Å². The van der Waals surface area contributed by atoms with Crippen molar-refractivity contribution in [1.82, 2.24) is 10.6 Å². The van der Waals surface area contributed by atoms with Gasteiger partial charge in [0.15, 0.2) is 0 Å². The summed E-state index contributed by atoms with van der Waals surface area (Å²) < 4.78 is 0. The van der Waals surface area contributed by atoms with Crippen molar-refractivity contribution in [1.29, 1.82) is 0 Å². The maximum Gasteiger partial charge on any atom is 0.329 e. The molecule has 0 aliphatic heterocycles. The first-order chi connectivity index (χ1) is 9.79. The summed E-state index contributed by atoms with van der Waals surface area (Å²) in [5, 5.41) is 15.3. The molecule has 0 heterocycles. The van der Waals surface area contributed by atoms with Gasteiger partial charge in [-0.05, 0) is 64.2 Å². The molecule has 2 aliphatic carbocycles. The molecule has 5 heteroatoms. The lowest BCUT2D eigenvalue weighted by atomic mass is 9.75. The van der Waals surface area contributed by atoms with E-state index in [9.17, 15) is 14.7 Å². The Bertz CT molecular complexity index is 408. The lowest BCUT2D eigenvalue weighted by molar-refractivity contribution is -0.146. The average Bonchev–Trinajstić information content (AvgIpc) is 3.23. The zero-order valence-corrected chi connectivity index (χ0v) is 13.4. The Morgan fingerprint density at radius 3 is 2.19 bits per heavy atom. The number of carboxylic acid groups (broad SMARTS) is 1. The molecule has 2 rings (SSSR count). The number of hydrogen-bond acceptors (Lipinski definition) is 2. The van der Waals surface area contributed by atoms with Crippen LogP contribution in [0, 0.1) is 11.8 Å². The molecule has 0 aromatic carbocycles. The van der Waals surface area contributed by atoms with Crippen molar-refractivity contribution < 1.29 is 14.7 Å². The van der Waals surface area contributed by atoms with Crippen LogP contribution >= 0.6 is 0 Å². The molecule has 0 radical (unpaired) electrons. The summed E-state index contributed by atoms with van der Waals surface area (Å²) in [5.74, 6) is 0.196. The van der Waals surface area contributed by atoms with Gasteiger partial charge in [0.1, 0.15) is 5.54 Å². The van der Waals surface area contributed by atoms with E-state index in [0.29, 0.717) is 24.7 Å². The van der Waals surface area contributed by atoms with E-state index >= 15 is 0 Å². The van der Waals surface area contributed by atoms with Crippen LogP contribution in [0.4, 0.5) is 4.79 Å². The Morgan fingerprint density at radius 1 is 1.19 bits per heavy atom. The first-order valence-electron chi connectivity index (χ1n) is 8.13. The summed E-state index contributed by atoms with van der Waals surface area (Å²) >= 11 is 0. The van der Waals surface area contributed by atoms with E-state index in [2.05, 4.69) is 17.6 Å². The van der Waals surface area contributed by atoms with Crippen molar-refractivity contribution in [2.24, 2.45) is 11.8 Å². The SMILES string of the molecule is CCC1CCC(NC(=O)NC(C)(C)C2CC2)(C(=O)O)CC1. The molecule has 21 heavy (non-hydrogen) atoms. The van der Waals surface area contributed by atoms with Crippen molar-refractivity contribution in [3.8, 4) is 0 Å². The zero-order chi connectivity index (χ0) is 15.7. The van der Waals surface area contributed by atoms with Crippen LogP contribution < -0.4 is 10.6 Å². The first kappa shape index (κ1) is 16.1. The molecule has 3 N–H and O–H groups in total. The molecule has 2 aliphatic rings. The van der Waals surface area contributed by atoms with Crippen molar-refractivity contribution >= 4 is 12.0 Å². The Hall–Kier alpha value is -1.26. The summed E-state index contributed by atoms with van der Waals surface area (Å²) in [5.41, 5.74) is -1.35. The molecule has 0 aromatic rings. The summed E-state index contributed by atoms with van der Waals surface area (Å²) in [7, 11) is 0. The van der Waals surface area contributed by atoms with Crippen molar-refractivity contribution in [3.05, 3.63) is 0 Å². The van der Waals surface area contributed by atoms with Gasteiger partial charge in [0.25, 0.3) is 0 Å². The average molecular weight is 296 g/mol. The van der Waals surface area contributed by atoms with Crippen LogP contribution in [-0.4, -0.2) is 28.2 Å². The minimum Gasteiger partial charge on any atom is -0.480 e. The second-order valence-electron chi connectivity index (χ2n) is 7.31. The number of urea groups is 1. The summed E-state index contributed by atoms with van der Waals surface area (Å²) in [6.45, 7) is 6.15. The molecular weight excluding hydrogens is 268 g/mol. The van der Waals surface area contributed by atoms with E-state index in [-0.39, 0.29) is 11.6 Å². The summed E-state index contributed by atoms with van der Waals surface area (Å²) in [6.07, 6.45) is 6.14. The fraction of sp³-hybridized carbons (Fsp3) is 0.875. The number of nitrogens with one attached hydrogen (secondary N) is 2. The normalized spacial score (nSPS) is 29.8. The molecule has 2 fully saturated rings. The molecule has 0 spiro atoms. The maximum absolute atomic E-state index is 12.2. The summed E-state index contributed by atoms with van der Waals surface area (Å²) in [6, 6.07) is -0.343. The van der Waals surface area contributed by atoms with E-state index in [1.807, 2.05) is 13.8 Å². The van der Waals surface area contributed by atoms with Crippen LogP contribution in [0.5, 0.6) is 0 Å². The molecule has 5 nitrogen and oxygen atoms in total. The molecule has 120 valence electrons. The quantitative estimate of drug-likeness (QED) is 0.730. The van der Waals surface area contributed by atoms with Crippen LogP contribution in [0.2, 0.25) is 0 Å². The van der Waals surface area contributed by atoms with Gasteiger partial charge in [-0.15, -0.1) is 0 Å². The lowest BCUT2D eigenvalue weighted by Gasteiger charge is -2.38. The molecule has 2 amide bonds. The predicted octanol–water partition coefficient (Wildman–Crippen LogP) is 2.90. The first-order valence-corrected chi connectivity index (χ1v) is 8.13. The third kappa shape index (κ3) is 3.69. The molecule has 0 saturated heterocycles.